The molecule has 1 heterocycles. The molecule has 1 aliphatic heterocycles. The molecule has 2 N–H and O–H groups in total. The Bertz CT molecular complexity index is 437. The van der Waals surface area contributed by atoms with Crippen molar-refractivity contribution in [2.75, 3.05) is 20.2 Å². The van der Waals surface area contributed by atoms with Gasteiger partial charge >= 0.3 is 5.97 Å². The molecule has 0 aromatic rings. The van der Waals surface area contributed by atoms with Gasteiger partial charge in [-0.3, -0.25) is 4.79 Å². The van der Waals surface area contributed by atoms with Crippen LogP contribution >= 0.6 is 0 Å². The fourth-order valence-electron chi connectivity index (χ4n) is 3.05. The van der Waals surface area contributed by atoms with Crippen LogP contribution in [0.2, 0.25) is 0 Å². The van der Waals surface area contributed by atoms with Gasteiger partial charge in [-0.2, -0.15) is 0 Å². The van der Waals surface area contributed by atoms with Crippen LogP contribution in [0.5, 0.6) is 0 Å². The molecule has 2 rings (SSSR count). The maximum absolute atomic E-state index is 12.6. The van der Waals surface area contributed by atoms with Crippen molar-refractivity contribution in [1.29, 1.82) is 0 Å². The zero-order valence-electron chi connectivity index (χ0n) is 11.2. The maximum atomic E-state index is 12.6. The molecule has 1 saturated carbocycles. The Morgan fingerprint density at radius 3 is 2.53 bits per heavy atom. The molecule has 3 unspecified atom stereocenters. The van der Waals surface area contributed by atoms with Crippen molar-refractivity contribution < 1.29 is 17.9 Å². The van der Waals surface area contributed by atoms with Gasteiger partial charge in [0.05, 0.1) is 18.3 Å². The summed E-state index contributed by atoms with van der Waals surface area (Å²) in [5.41, 5.74) is 5.77. The van der Waals surface area contributed by atoms with E-state index >= 15 is 0 Å². The Labute approximate surface area is 114 Å². The Hall–Kier alpha value is -0.660. The lowest BCUT2D eigenvalue weighted by Crippen LogP contribution is -2.46. The first kappa shape index (κ1) is 14.7. The van der Waals surface area contributed by atoms with Gasteiger partial charge in [0.1, 0.15) is 0 Å². The van der Waals surface area contributed by atoms with Crippen LogP contribution in [-0.2, 0) is 19.6 Å². The highest BCUT2D eigenvalue weighted by Gasteiger charge is 2.44. The number of rotatable bonds is 3. The fourth-order valence-corrected chi connectivity index (χ4v) is 5.32. The molecule has 6 nitrogen and oxygen atoms in total. The Morgan fingerprint density at radius 2 is 1.95 bits per heavy atom. The van der Waals surface area contributed by atoms with Gasteiger partial charge in [0.15, 0.2) is 0 Å². The lowest BCUT2D eigenvalue weighted by molar-refractivity contribution is -0.146. The second-order valence-corrected chi connectivity index (χ2v) is 7.56. The molecule has 1 saturated heterocycles. The minimum atomic E-state index is -3.45. The van der Waals surface area contributed by atoms with E-state index in [2.05, 4.69) is 0 Å². The van der Waals surface area contributed by atoms with Gasteiger partial charge in [0, 0.05) is 19.1 Å². The number of ether oxygens (including phenoxy) is 1. The quantitative estimate of drug-likeness (QED) is 0.744. The number of methoxy groups -OCH3 is 1. The van der Waals surface area contributed by atoms with Gasteiger partial charge < -0.3 is 10.5 Å². The summed E-state index contributed by atoms with van der Waals surface area (Å²) in [6, 6.07) is -0.0880. The average molecular weight is 290 g/mol. The molecule has 2 aliphatic rings. The van der Waals surface area contributed by atoms with Crippen LogP contribution in [0.4, 0.5) is 0 Å². The van der Waals surface area contributed by atoms with Crippen LogP contribution in [-0.4, -0.2) is 50.2 Å². The minimum Gasteiger partial charge on any atom is -0.469 e. The number of hydrogen-bond donors (Lipinski definition) is 1. The summed E-state index contributed by atoms with van der Waals surface area (Å²) in [5.74, 6) is -0.933. The van der Waals surface area contributed by atoms with Gasteiger partial charge in [-0.05, 0) is 19.3 Å². The summed E-state index contributed by atoms with van der Waals surface area (Å²) in [4.78, 5) is 11.8. The summed E-state index contributed by atoms with van der Waals surface area (Å²) >= 11 is 0. The van der Waals surface area contributed by atoms with E-state index in [0.29, 0.717) is 32.4 Å². The molecule has 0 aromatic heterocycles. The number of nitrogens with two attached hydrogens (primary N) is 1. The summed E-state index contributed by atoms with van der Waals surface area (Å²) in [7, 11) is -2.13. The van der Waals surface area contributed by atoms with Crippen LogP contribution in [0.15, 0.2) is 0 Å². The largest absolute Gasteiger partial charge is 0.469 e. The predicted octanol–water partition coefficient (Wildman–Crippen LogP) is 0.0810. The molecule has 0 amide bonds. The first-order valence-electron chi connectivity index (χ1n) is 6.79. The van der Waals surface area contributed by atoms with Crippen molar-refractivity contribution in [3.8, 4) is 0 Å². The van der Waals surface area contributed by atoms with Crippen molar-refractivity contribution in [2.45, 2.75) is 43.4 Å². The number of carbonyl (C=O) groups is 1. The molecule has 3 atom stereocenters. The lowest BCUT2D eigenvalue weighted by atomic mass is 9.89. The topological polar surface area (TPSA) is 89.7 Å². The lowest BCUT2D eigenvalue weighted by Gasteiger charge is -2.32. The second-order valence-electron chi connectivity index (χ2n) is 5.40. The summed E-state index contributed by atoms with van der Waals surface area (Å²) in [6.07, 6.45) is 3.54. The summed E-state index contributed by atoms with van der Waals surface area (Å²) < 4.78 is 31.5. The third-order valence-corrected chi connectivity index (χ3v) is 6.52. The number of carbonyl (C=O) groups excluding carboxylic acids is 1. The van der Waals surface area contributed by atoms with Gasteiger partial charge in [0.25, 0.3) is 0 Å². The van der Waals surface area contributed by atoms with Crippen LogP contribution in [0.3, 0.4) is 0 Å². The summed E-state index contributed by atoms with van der Waals surface area (Å²) in [5, 5.41) is -0.640. The predicted molar refractivity (Wildman–Crippen MR) is 70.8 cm³/mol. The Balaban J connectivity index is 2.19. The van der Waals surface area contributed by atoms with Crippen LogP contribution in [0.25, 0.3) is 0 Å². The van der Waals surface area contributed by atoms with Gasteiger partial charge in [-0.25, -0.2) is 12.7 Å². The van der Waals surface area contributed by atoms with Crippen molar-refractivity contribution in [1.82, 2.24) is 4.31 Å². The molecule has 110 valence electrons. The van der Waals surface area contributed by atoms with E-state index in [1.165, 1.54) is 11.4 Å². The number of sulfonamides is 1. The molecule has 0 radical (unpaired) electrons. The molecule has 7 heteroatoms. The molecule has 19 heavy (non-hydrogen) atoms. The van der Waals surface area contributed by atoms with E-state index in [4.69, 9.17) is 10.5 Å². The first-order chi connectivity index (χ1) is 8.96. The Kier molecular flexibility index (Phi) is 4.47. The highest BCUT2D eigenvalue weighted by atomic mass is 32.2. The van der Waals surface area contributed by atoms with Crippen LogP contribution in [0.1, 0.15) is 32.1 Å². The average Bonchev–Trinajstić information content (AvgIpc) is 2.85. The van der Waals surface area contributed by atoms with Gasteiger partial charge in [-0.15, -0.1) is 0 Å². The van der Waals surface area contributed by atoms with Gasteiger partial charge in [-0.1, -0.05) is 12.8 Å². The fraction of sp³-hybridized carbons (Fsp3) is 0.917. The number of nitrogens with zero attached hydrogens (tertiary/aromatic N) is 1. The number of hydrogen-bond acceptors (Lipinski definition) is 5. The van der Waals surface area contributed by atoms with Crippen LogP contribution in [0, 0.1) is 5.92 Å². The first-order valence-corrected chi connectivity index (χ1v) is 8.29. The monoisotopic (exact) mass is 290 g/mol. The molecule has 1 aliphatic carbocycles. The highest BCUT2D eigenvalue weighted by Crippen LogP contribution is 2.33. The maximum Gasteiger partial charge on any atom is 0.310 e. The van der Waals surface area contributed by atoms with Crippen molar-refractivity contribution in [3.63, 3.8) is 0 Å². The van der Waals surface area contributed by atoms with E-state index in [1.807, 2.05) is 0 Å². The zero-order chi connectivity index (χ0) is 14.0. The second kappa shape index (κ2) is 5.76. The van der Waals surface area contributed by atoms with E-state index < -0.39 is 27.2 Å². The van der Waals surface area contributed by atoms with Crippen LogP contribution < -0.4 is 5.73 Å². The zero-order valence-corrected chi connectivity index (χ0v) is 12.1. The number of esters is 1. The molecule has 0 spiro atoms. The van der Waals surface area contributed by atoms with E-state index in [-0.39, 0.29) is 6.04 Å². The Morgan fingerprint density at radius 1 is 1.26 bits per heavy atom. The molecule has 0 bridgehead atoms. The molecular weight excluding hydrogens is 268 g/mol. The van der Waals surface area contributed by atoms with Gasteiger partial charge in [0.2, 0.25) is 10.0 Å². The SMILES string of the molecule is COC(=O)C1CCCCC1S(=O)(=O)N1CCC(N)C1. The van der Waals surface area contributed by atoms with E-state index in [1.54, 1.807) is 0 Å². The van der Waals surface area contributed by atoms with E-state index in [9.17, 15) is 13.2 Å². The molecule has 2 fully saturated rings. The van der Waals surface area contributed by atoms with Crippen molar-refractivity contribution in [2.24, 2.45) is 11.7 Å². The highest BCUT2D eigenvalue weighted by molar-refractivity contribution is 7.89. The smallest absolute Gasteiger partial charge is 0.310 e. The van der Waals surface area contributed by atoms with Crippen molar-refractivity contribution in [3.05, 3.63) is 0 Å². The van der Waals surface area contributed by atoms with E-state index in [0.717, 1.165) is 12.8 Å². The summed E-state index contributed by atoms with van der Waals surface area (Å²) in [6.45, 7) is 0.834. The molecule has 0 aromatic carbocycles. The minimum absolute atomic E-state index is 0.0880. The molecular formula is C12H22N2O4S. The third kappa shape index (κ3) is 2.93. The van der Waals surface area contributed by atoms with Crippen molar-refractivity contribution >= 4 is 16.0 Å². The normalized spacial score (nSPS) is 33.3. The third-order valence-electron chi connectivity index (χ3n) is 4.14. The standard InChI is InChI=1S/C12H22N2O4S/c1-18-12(15)10-4-2-3-5-11(10)19(16,17)14-7-6-9(13)8-14/h9-11H,2-8,13H2,1H3.